The van der Waals surface area contributed by atoms with E-state index in [1.165, 1.54) is 6.33 Å². The van der Waals surface area contributed by atoms with Gasteiger partial charge in [0.05, 0.1) is 12.1 Å². The first-order chi connectivity index (χ1) is 14.6. The van der Waals surface area contributed by atoms with Crippen molar-refractivity contribution in [3.63, 3.8) is 0 Å². The van der Waals surface area contributed by atoms with Gasteiger partial charge in [-0.3, -0.25) is 9.69 Å². The number of likely N-dealkylation sites (N-methyl/N-ethyl adjacent to an activating group) is 1. The average molecular weight is 400 g/mol. The molecule has 7 heteroatoms. The summed E-state index contributed by atoms with van der Waals surface area (Å²) in [6.45, 7) is 4.16. The number of anilines is 3. The van der Waals surface area contributed by atoms with Crippen LogP contribution in [0.25, 0.3) is 10.9 Å². The van der Waals surface area contributed by atoms with E-state index in [2.05, 4.69) is 43.4 Å². The van der Waals surface area contributed by atoms with Gasteiger partial charge in [0, 0.05) is 48.5 Å². The molecule has 0 bridgehead atoms. The summed E-state index contributed by atoms with van der Waals surface area (Å²) in [6, 6.07) is 13.2. The number of nitrogens with zero attached hydrogens (tertiary/aromatic N) is 4. The highest BCUT2D eigenvalue weighted by molar-refractivity contribution is 5.97. The summed E-state index contributed by atoms with van der Waals surface area (Å²) in [5.74, 6) is 3.27. The summed E-state index contributed by atoms with van der Waals surface area (Å²) in [4.78, 5) is 25.7. The van der Waals surface area contributed by atoms with Gasteiger partial charge >= 0.3 is 0 Å². The Morgan fingerprint density at radius 2 is 1.93 bits per heavy atom. The van der Waals surface area contributed by atoms with Gasteiger partial charge in [0.2, 0.25) is 5.91 Å². The lowest BCUT2D eigenvalue weighted by molar-refractivity contribution is -0.117. The fourth-order valence-electron chi connectivity index (χ4n) is 3.47. The van der Waals surface area contributed by atoms with Crippen LogP contribution in [0.2, 0.25) is 0 Å². The minimum absolute atomic E-state index is 0.0213. The second kappa shape index (κ2) is 8.91. The Morgan fingerprint density at radius 1 is 1.10 bits per heavy atom. The third-order valence-electron chi connectivity index (χ3n) is 5.17. The predicted octanol–water partition coefficient (Wildman–Crippen LogP) is 2.54. The van der Waals surface area contributed by atoms with Crippen molar-refractivity contribution in [2.24, 2.45) is 0 Å². The molecule has 0 atom stereocenters. The first-order valence-electron chi connectivity index (χ1n) is 9.90. The maximum absolute atomic E-state index is 12.5. The number of benzene rings is 2. The second-order valence-electron chi connectivity index (χ2n) is 7.43. The van der Waals surface area contributed by atoms with Gasteiger partial charge in [0.25, 0.3) is 0 Å². The number of hydrogen-bond acceptors (Lipinski definition) is 6. The quantitative estimate of drug-likeness (QED) is 0.642. The van der Waals surface area contributed by atoms with E-state index in [0.717, 1.165) is 54.0 Å². The zero-order valence-electron chi connectivity index (χ0n) is 16.9. The number of nitrogens with one attached hydrogen (secondary N) is 2. The first kappa shape index (κ1) is 19.8. The van der Waals surface area contributed by atoms with E-state index in [1.807, 2.05) is 42.5 Å². The summed E-state index contributed by atoms with van der Waals surface area (Å²) in [6.07, 6.45) is 7.01. The van der Waals surface area contributed by atoms with Crippen molar-refractivity contribution in [1.82, 2.24) is 19.8 Å². The second-order valence-corrected chi connectivity index (χ2v) is 7.43. The lowest BCUT2D eigenvalue weighted by atomic mass is 10.2. The number of carbonyl (C=O) groups is 1. The van der Waals surface area contributed by atoms with E-state index in [0.29, 0.717) is 12.4 Å². The standard InChI is InChI=1S/C23H24N6O/c1-3-17-5-4-6-18(13-17)27-23-20-14-19(7-8-21(20)24-16-25-23)26-22(30)15-29-11-9-28(2)10-12-29/h1,4-8,13-14,16H,9-12,15H2,2H3,(H,26,30)(H,24,25,27). The summed E-state index contributed by atoms with van der Waals surface area (Å²) in [5, 5.41) is 7.12. The molecule has 152 valence electrons. The Balaban J connectivity index is 1.51. The number of carbonyl (C=O) groups excluding carboxylic acids is 1. The van der Waals surface area contributed by atoms with Crippen molar-refractivity contribution < 1.29 is 4.79 Å². The van der Waals surface area contributed by atoms with Gasteiger partial charge < -0.3 is 15.5 Å². The van der Waals surface area contributed by atoms with Gasteiger partial charge in [0.15, 0.2) is 0 Å². The van der Waals surface area contributed by atoms with Crippen LogP contribution in [0.1, 0.15) is 5.56 Å². The molecule has 2 N–H and O–H groups in total. The Morgan fingerprint density at radius 3 is 2.73 bits per heavy atom. The molecule has 0 radical (unpaired) electrons. The van der Waals surface area contributed by atoms with Crippen LogP contribution in [0.4, 0.5) is 17.2 Å². The first-order valence-corrected chi connectivity index (χ1v) is 9.90. The maximum atomic E-state index is 12.5. The van der Waals surface area contributed by atoms with Crippen molar-refractivity contribution in [3.8, 4) is 12.3 Å². The summed E-state index contributed by atoms with van der Waals surface area (Å²) >= 11 is 0. The van der Waals surface area contributed by atoms with Gasteiger partial charge in [-0.15, -0.1) is 6.42 Å². The van der Waals surface area contributed by atoms with Crippen LogP contribution in [0.3, 0.4) is 0 Å². The average Bonchev–Trinajstić information content (AvgIpc) is 2.76. The molecule has 0 spiro atoms. The van der Waals surface area contributed by atoms with Crippen molar-refractivity contribution in [2.75, 3.05) is 50.4 Å². The van der Waals surface area contributed by atoms with Crippen LogP contribution in [0.5, 0.6) is 0 Å². The molecule has 1 fully saturated rings. The largest absolute Gasteiger partial charge is 0.340 e. The molecule has 3 aromatic rings. The zero-order valence-corrected chi connectivity index (χ0v) is 16.9. The number of rotatable bonds is 5. The summed E-state index contributed by atoms with van der Waals surface area (Å²) < 4.78 is 0. The highest BCUT2D eigenvalue weighted by Crippen LogP contribution is 2.26. The molecule has 1 amide bonds. The molecule has 0 unspecified atom stereocenters. The highest BCUT2D eigenvalue weighted by atomic mass is 16.2. The SMILES string of the molecule is C#Cc1cccc(Nc2ncnc3ccc(NC(=O)CN4CCN(C)CC4)cc23)c1. The molecule has 2 heterocycles. The Bertz CT molecular complexity index is 1100. The number of hydrogen-bond donors (Lipinski definition) is 2. The van der Waals surface area contributed by atoms with E-state index in [-0.39, 0.29) is 5.91 Å². The monoisotopic (exact) mass is 400 g/mol. The molecular weight excluding hydrogens is 376 g/mol. The molecule has 30 heavy (non-hydrogen) atoms. The van der Waals surface area contributed by atoms with Crippen molar-refractivity contribution in [3.05, 3.63) is 54.4 Å². The van der Waals surface area contributed by atoms with Gasteiger partial charge in [-0.2, -0.15) is 0 Å². The van der Waals surface area contributed by atoms with Crippen molar-refractivity contribution in [1.29, 1.82) is 0 Å². The fourth-order valence-corrected chi connectivity index (χ4v) is 3.47. The van der Waals surface area contributed by atoms with Crippen LogP contribution in [0, 0.1) is 12.3 Å². The molecule has 0 aliphatic carbocycles. The highest BCUT2D eigenvalue weighted by Gasteiger charge is 2.16. The summed E-state index contributed by atoms with van der Waals surface area (Å²) in [5.41, 5.74) is 3.14. The zero-order chi connectivity index (χ0) is 20.9. The molecular formula is C23H24N6O. The molecule has 2 aromatic carbocycles. The number of amides is 1. The molecule has 7 nitrogen and oxygen atoms in total. The van der Waals surface area contributed by atoms with Crippen molar-refractivity contribution >= 4 is 34.0 Å². The van der Waals surface area contributed by atoms with Crippen LogP contribution in [-0.4, -0.2) is 65.4 Å². The fraction of sp³-hybridized carbons (Fsp3) is 0.261. The summed E-state index contributed by atoms with van der Waals surface area (Å²) in [7, 11) is 2.10. The van der Waals surface area contributed by atoms with Gasteiger partial charge in [0.1, 0.15) is 12.1 Å². The van der Waals surface area contributed by atoms with Gasteiger partial charge in [-0.05, 0) is 43.4 Å². The number of fused-ring (bicyclic) bond motifs is 1. The molecule has 1 aliphatic rings. The molecule has 1 aliphatic heterocycles. The van der Waals surface area contributed by atoms with E-state index in [9.17, 15) is 4.79 Å². The Kier molecular flexibility index (Phi) is 5.89. The third kappa shape index (κ3) is 4.74. The van der Waals surface area contributed by atoms with E-state index < -0.39 is 0 Å². The predicted molar refractivity (Wildman–Crippen MR) is 120 cm³/mol. The van der Waals surface area contributed by atoms with Crippen LogP contribution in [0.15, 0.2) is 48.8 Å². The molecule has 4 rings (SSSR count). The Hall–Kier alpha value is -3.47. The minimum atomic E-state index is -0.0213. The smallest absolute Gasteiger partial charge is 0.238 e. The van der Waals surface area contributed by atoms with Gasteiger partial charge in [-0.1, -0.05) is 12.0 Å². The molecule has 0 saturated carbocycles. The topological polar surface area (TPSA) is 73.4 Å². The maximum Gasteiger partial charge on any atom is 0.238 e. The van der Waals surface area contributed by atoms with Crippen LogP contribution >= 0.6 is 0 Å². The van der Waals surface area contributed by atoms with Crippen molar-refractivity contribution in [2.45, 2.75) is 0 Å². The van der Waals surface area contributed by atoms with E-state index >= 15 is 0 Å². The lowest BCUT2D eigenvalue weighted by Crippen LogP contribution is -2.47. The lowest BCUT2D eigenvalue weighted by Gasteiger charge is -2.31. The number of aromatic nitrogens is 2. The van der Waals surface area contributed by atoms with Gasteiger partial charge in [-0.25, -0.2) is 9.97 Å². The third-order valence-corrected chi connectivity index (χ3v) is 5.17. The number of terminal acetylenes is 1. The molecule has 1 aromatic heterocycles. The molecule has 1 saturated heterocycles. The normalized spacial score (nSPS) is 14.9. The van der Waals surface area contributed by atoms with E-state index in [1.54, 1.807) is 0 Å². The van der Waals surface area contributed by atoms with Crippen LogP contribution < -0.4 is 10.6 Å². The van der Waals surface area contributed by atoms with Crippen LogP contribution in [-0.2, 0) is 4.79 Å². The minimum Gasteiger partial charge on any atom is -0.340 e. The number of piperazine rings is 1. The Labute approximate surface area is 176 Å². The van der Waals surface area contributed by atoms with E-state index in [4.69, 9.17) is 6.42 Å².